The molecule has 2 N–H and O–H groups in total. The third-order valence-electron chi connectivity index (χ3n) is 5.97. The van der Waals surface area contributed by atoms with Crippen molar-refractivity contribution in [1.29, 1.82) is 0 Å². The molecular weight excluding hydrogens is 482 g/mol. The first-order chi connectivity index (χ1) is 18.5. The number of non-ortho nitro benzene ring substituents is 1. The standard InChI is InChI=1S/C29H23N5O4/c1-38-28(35)22-9-7-19(8-10-22)18-30-27-25-17-24(34(36)37)15-16-26(25)32-29(33-27)31-23-13-11-21(12-14-23)20-5-3-2-4-6-20/h2-17H,18H2,1H3,(H2,30,31,32,33). The summed E-state index contributed by atoms with van der Waals surface area (Å²) in [6.07, 6.45) is 0. The van der Waals surface area contributed by atoms with Gasteiger partial charge in [0, 0.05) is 29.8 Å². The van der Waals surface area contributed by atoms with E-state index >= 15 is 0 Å². The van der Waals surface area contributed by atoms with Crippen LogP contribution in [0.5, 0.6) is 0 Å². The van der Waals surface area contributed by atoms with Crippen molar-refractivity contribution in [1.82, 2.24) is 9.97 Å². The van der Waals surface area contributed by atoms with Crippen molar-refractivity contribution in [3.05, 3.63) is 118 Å². The molecule has 0 atom stereocenters. The number of methoxy groups -OCH3 is 1. The fourth-order valence-electron chi connectivity index (χ4n) is 3.99. The van der Waals surface area contributed by atoms with Gasteiger partial charge in [-0.3, -0.25) is 10.1 Å². The van der Waals surface area contributed by atoms with Gasteiger partial charge in [0.1, 0.15) is 5.82 Å². The number of hydrogen-bond acceptors (Lipinski definition) is 8. The van der Waals surface area contributed by atoms with E-state index in [9.17, 15) is 14.9 Å². The van der Waals surface area contributed by atoms with Gasteiger partial charge in [-0.05, 0) is 47.0 Å². The van der Waals surface area contributed by atoms with Crippen LogP contribution in [0.3, 0.4) is 0 Å². The minimum atomic E-state index is -0.449. The Morgan fingerprint density at radius 2 is 1.61 bits per heavy atom. The number of hydrogen-bond donors (Lipinski definition) is 2. The Kier molecular flexibility index (Phi) is 6.90. The van der Waals surface area contributed by atoms with Gasteiger partial charge in [0.25, 0.3) is 5.69 Å². The zero-order valence-electron chi connectivity index (χ0n) is 20.4. The lowest BCUT2D eigenvalue weighted by atomic mass is 10.1. The summed E-state index contributed by atoms with van der Waals surface area (Å²) in [5.41, 5.74) is 4.85. The van der Waals surface area contributed by atoms with E-state index < -0.39 is 10.9 Å². The van der Waals surface area contributed by atoms with E-state index in [2.05, 4.69) is 32.7 Å². The van der Waals surface area contributed by atoms with E-state index in [1.54, 1.807) is 30.3 Å². The number of nitro benzene ring substituents is 1. The first-order valence-corrected chi connectivity index (χ1v) is 11.8. The van der Waals surface area contributed by atoms with Crippen LogP contribution in [-0.2, 0) is 11.3 Å². The molecule has 0 unspecified atom stereocenters. The van der Waals surface area contributed by atoms with E-state index in [1.165, 1.54) is 19.2 Å². The molecule has 0 radical (unpaired) electrons. The molecule has 0 spiro atoms. The molecule has 38 heavy (non-hydrogen) atoms. The number of carbonyl (C=O) groups is 1. The highest BCUT2D eigenvalue weighted by atomic mass is 16.6. The van der Waals surface area contributed by atoms with Crippen LogP contribution in [0.15, 0.2) is 97.1 Å². The van der Waals surface area contributed by atoms with Gasteiger partial charge in [0.2, 0.25) is 5.95 Å². The third kappa shape index (κ3) is 5.41. The molecule has 0 bridgehead atoms. The highest BCUT2D eigenvalue weighted by Crippen LogP contribution is 2.28. The number of aromatic nitrogens is 2. The predicted octanol–water partition coefficient (Wildman–Crippen LogP) is 6.35. The molecule has 0 aliphatic carbocycles. The van der Waals surface area contributed by atoms with E-state index in [-0.39, 0.29) is 5.69 Å². The van der Waals surface area contributed by atoms with Crippen molar-refractivity contribution in [2.45, 2.75) is 6.54 Å². The Morgan fingerprint density at radius 1 is 0.895 bits per heavy atom. The number of nitrogens with one attached hydrogen (secondary N) is 2. The molecule has 1 heterocycles. The highest BCUT2D eigenvalue weighted by Gasteiger charge is 2.14. The Labute approximate surface area is 218 Å². The second-order valence-corrected chi connectivity index (χ2v) is 8.46. The summed E-state index contributed by atoms with van der Waals surface area (Å²) in [7, 11) is 1.33. The van der Waals surface area contributed by atoms with Gasteiger partial charge in [0.05, 0.1) is 23.1 Å². The lowest BCUT2D eigenvalue weighted by molar-refractivity contribution is -0.384. The summed E-state index contributed by atoms with van der Waals surface area (Å²) in [5.74, 6) is 0.382. The smallest absolute Gasteiger partial charge is 0.337 e. The van der Waals surface area contributed by atoms with Crippen molar-refractivity contribution in [2.24, 2.45) is 0 Å². The molecule has 0 saturated carbocycles. The molecule has 0 saturated heterocycles. The molecule has 0 aliphatic heterocycles. The van der Waals surface area contributed by atoms with Crippen LogP contribution in [0, 0.1) is 10.1 Å². The lowest BCUT2D eigenvalue weighted by Crippen LogP contribution is -2.07. The number of rotatable bonds is 8. The molecule has 0 aliphatic rings. The first kappa shape index (κ1) is 24.4. The van der Waals surface area contributed by atoms with Gasteiger partial charge >= 0.3 is 5.97 Å². The summed E-state index contributed by atoms with van der Waals surface area (Å²) in [4.78, 5) is 31.8. The van der Waals surface area contributed by atoms with Gasteiger partial charge in [-0.2, -0.15) is 4.98 Å². The van der Waals surface area contributed by atoms with Gasteiger partial charge in [-0.25, -0.2) is 9.78 Å². The average molecular weight is 506 g/mol. The fourth-order valence-corrected chi connectivity index (χ4v) is 3.99. The molecule has 1 aromatic heterocycles. The van der Waals surface area contributed by atoms with Crippen LogP contribution in [0.1, 0.15) is 15.9 Å². The number of ether oxygens (including phenoxy) is 1. The average Bonchev–Trinajstić information content (AvgIpc) is 2.96. The number of nitro groups is 1. The van der Waals surface area contributed by atoms with Crippen molar-refractivity contribution in [3.8, 4) is 11.1 Å². The Bertz CT molecular complexity index is 1610. The molecule has 0 amide bonds. The van der Waals surface area contributed by atoms with Crippen molar-refractivity contribution < 1.29 is 14.5 Å². The van der Waals surface area contributed by atoms with Gasteiger partial charge < -0.3 is 15.4 Å². The SMILES string of the molecule is COC(=O)c1ccc(CNc2nc(Nc3ccc(-c4ccccc4)cc3)nc3ccc([N+](=O)[O-])cc23)cc1. The number of fused-ring (bicyclic) bond motifs is 1. The zero-order valence-corrected chi connectivity index (χ0v) is 20.4. The Balaban J connectivity index is 1.42. The summed E-state index contributed by atoms with van der Waals surface area (Å²) in [5, 5.41) is 18.4. The summed E-state index contributed by atoms with van der Waals surface area (Å²) >= 11 is 0. The third-order valence-corrected chi connectivity index (χ3v) is 5.97. The number of nitrogens with zero attached hydrogens (tertiary/aromatic N) is 3. The number of esters is 1. The Hall–Kier alpha value is -5.31. The Morgan fingerprint density at radius 3 is 2.29 bits per heavy atom. The molecule has 188 valence electrons. The normalized spacial score (nSPS) is 10.7. The number of carbonyl (C=O) groups excluding carboxylic acids is 1. The minimum absolute atomic E-state index is 0.0520. The van der Waals surface area contributed by atoms with Crippen LogP contribution < -0.4 is 10.6 Å². The maximum Gasteiger partial charge on any atom is 0.337 e. The molecule has 4 aromatic carbocycles. The van der Waals surface area contributed by atoms with Crippen LogP contribution in [0.25, 0.3) is 22.0 Å². The maximum atomic E-state index is 11.7. The highest BCUT2D eigenvalue weighted by molar-refractivity contribution is 5.92. The second-order valence-electron chi connectivity index (χ2n) is 8.46. The zero-order chi connectivity index (χ0) is 26.5. The summed E-state index contributed by atoms with van der Waals surface area (Å²) in [6, 6.07) is 29.4. The molecule has 9 nitrogen and oxygen atoms in total. The quantitative estimate of drug-likeness (QED) is 0.142. The molecule has 5 rings (SSSR count). The number of anilines is 3. The van der Waals surface area contributed by atoms with E-state index in [1.807, 2.05) is 42.5 Å². The van der Waals surface area contributed by atoms with E-state index in [0.717, 1.165) is 22.4 Å². The maximum absolute atomic E-state index is 11.7. The van der Waals surface area contributed by atoms with E-state index in [0.29, 0.717) is 34.8 Å². The molecule has 5 aromatic rings. The van der Waals surface area contributed by atoms with Crippen LogP contribution >= 0.6 is 0 Å². The fraction of sp³-hybridized carbons (Fsp3) is 0.0690. The van der Waals surface area contributed by atoms with Crippen molar-refractivity contribution in [2.75, 3.05) is 17.7 Å². The van der Waals surface area contributed by atoms with Crippen molar-refractivity contribution >= 4 is 40.0 Å². The number of benzene rings is 4. The van der Waals surface area contributed by atoms with Gasteiger partial charge in [0.15, 0.2) is 0 Å². The largest absolute Gasteiger partial charge is 0.465 e. The monoisotopic (exact) mass is 505 g/mol. The summed E-state index contributed by atoms with van der Waals surface area (Å²) < 4.78 is 4.74. The van der Waals surface area contributed by atoms with Crippen LogP contribution in [-0.4, -0.2) is 28.0 Å². The van der Waals surface area contributed by atoms with Gasteiger partial charge in [-0.1, -0.05) is 54.6 Å². The second kappa shape index (κ2) is 10.8. The molecular formula is C29H23N5O4. The topological polar surface area (TPSA) is 119 Å². The summed E-state index contributed by atoms with van der Waals surface area (Å²) in [6.45, 7) is 0.376. The molecule has 9 heteroatoms. The predicted molar refractivity (Wildman–Crippen MR) is 146 cm³/mol. The van der Waals surface area contributed by atoms with E-state index in [4.69, 9.17) is 4.74 Å². The van der Waals surface area contributed by atoms with Gasteiger partial charge in [-0.15, -0.1) is 0 Å². The lowest BCUT2D eigenvalue weighted by Gasteiger charge is -2.13. The first-order valence-electron chi connectivity index (χ1n) is 11.8. The molecule has 0 fully saturated rings. The van der Waals surface area contributed by atoms with Crippen molar-refractivity contribution in [3.63, 3.8) is 0 Å². The van der Waals surface area contributed by atoms with Crippen LogP contribution in [0.4, 0.5) is 23.1 Å². The van der Waals surface area contributed by atoms with Crippen LogP contribution in [0.2, 0.25) is 0 Å². The minimum Gasteiger partial charge on any atom is -0.465 e.